The largest absolute Gasteiger partial charge is 0.366 e. The van der Waals surface area contributed by atoms with Gasteiger partial charge in [-0.25, -0.2) is 9.37 Å². The number of carbonyl (C=O) groups is 1. The molecular formula is C21H17FN4O2. The maximum absolute atomic E-state index is 15.3. The van der Waals surface area contributed by atoms with Crippen LogP contribution in [0.4, 0.5) is 15.8 Å². The van der Waals surface area contributed by atoms with Gasteiger partial charge < -0.3 is 16.0 Å². The number of fused-ring (bicyclic) bond motifs is 1. The molecule has 6 nitrogen and oxygen atoms in total. The Morgan fingerprint density at radius 1 is 1.18 bits per heavy atom. The number of anilines is 2. The van der Waals surface area contributed by atoms with E-state index in [9.17, 15) is 9.59 Å². The van der Waals surface area contributed by atoms with Crippen LogP contribution >= 0.6 is 0 Å². The zero-order valence-corrected chi connectivity index (χ0v) is 14.8. The fourth-order valence-electron chi connectivity index (χ4n) is 3.23. The number of alkyl halides is 1. The number of H-pyrrole nitrogens is 1. The van der Waals surface area contributed by atoms with Crippen molar-refractivity contribution in [2.75, 3.05) is 5.32 Å². The molecule has 0 spiro atoms. The van der Waals surface area contributed by atoms with E-state index in [1.165, 1.54) is 24.3 Å². The van der Waals surface area contributed by atoms with Crippen LogP contribution < -0.4 is 16.6 Å². The van der Waals surface area contributed by atoms with Crippen LogP contribution in [0.5, 0.6) is 0 Å². The Hall–Kier alpha value is -3.74. The van der Waals surface area contributed by atoms with Gasteiger partial charge in [0.05, 0.1) is 5.69 Å². The van der Waals surface area contributed by atoms with Gasteiger partial charge in [0.1, 0.15) is 5.65 Å². The van der Waals surface area contributed by atoms with Gasteiger partial charge in [-0.2, -0.15) is 0 Å². The topological polar surface area (TPSA) is 101 Å². The minimum absolute atomic E-state index is 0.0893. The second-order valence-electron chi connectivity index (χ2n) is 6.60. The molecule has 4 rings (SSSR count). The van der Waals surface area contributed by atoms with Crippen LogP contribution in [0, 0.1) is 0 Å². The number of allylic oxidation sites excluding steroid dienone is 3. The zero-order valence-electron chi connectivity index (χ0n) is 14.8. The number of rotatable bonds is 4. The second-order valence-corrected chi connectivity index (χ2v) is 6.60. The molecule has 0 bridgehead atoms. The first-order valence-corrected chi connectivity index (χ1v) is 8.67. The van der Waals surface area contributed by atoms with Crippen LogP contribution in [-0.4, -0.2) is 15.9 Å². The molecule has 1 aromatic carbocycles. The van der Waals surface area contributed by atoms with Gasteiger partial charge in [0, 0.05) is 35.3 Å². The highest BCUT2D eigenvalue weighted by molar-refractivity contribution is 5.93. The third kappa shape index (κ3) is 3.29. The number of aromatic amines is 1. The van der Waals surface area contributed by atoms with E-state index in [-0.39, 0.29) is 17.6 Å². The molecule has 1 atom stereocenters. The van der Waals surface area contributed by atoms with E-state index < -0.39 is 11.6 Å². The molecule has 1 amide bonds. The summed E-state index contributed by atoms with van der Waals surface area (Å²) in [4.78, 5) is 29.7. The van der Waals surface area contributed by atoms with Gasteiger partial charge in [-0.1, -0.05) is 24.3 Å². The van der Waals surface area contributed by atoms with Crippen molar-refractivity contribution in [3.8, 4) is 0 Å². The van der Waals surface area contributed by atoms with Crippen molar-refractivity contribution in [1.29, 1.82) is 0 Å². The van der Waals surface area contributed by atoms with Gasteiger partial charge in [-0.15, -0.1) is 0 Å². The molecule has 4 N–H and O–H groups in total. The number of nitrogens with zero attached hydrogens (tertiary/aromatic N) is 1. The summed E-state index contributed by atoms with van der Waals surface area (Å²) < 4.78 is 15.3. The molecule has 0 radical (unpaired) electrons. The van der Waals surface area contributed by atoms with Crippen molar-refractivity contribution in [2.45, 2.75) is 12.1 Å². The number of nitrogens with one attached hydrogen (secondary N) is 2. The number of primary amides is 1. The Bertz CT molecular complexity index is 1180. The standard InChI is InChI=1S/C21H17FN4O2/c22-21(10-1-2-13(12-21)19(23)28)14-3-5-15(6-4-14)25-17-9-11-24-20-16(17)7-8-18(27)26-20/h1-11H,12H2,(H2,23,28)(H2,24,25,26,27). The third-order valence-electron chi connectivity index (χ3n) is 4.70. The first kappa shape index (κ1) is 17.7. The van der Waals surface area contributed by atoms with Crippen LogP contribution in [0.3, 0.4) is 0 Å². The number of nitrogens with two attached hydrogens (primary N) is 1. The predicted molar refractivity (Wildman–Crippen MR) is 106 cm³/mol. The molecule has 28 heavy (non-hydrogen) atoms. The minimum Gasteiger partial charge on any atom is -0.366 e. The average molecular weight is 376 g/mol. The summed E-state index contributed by atoms with van der Waals surface area (Å²) in [5.74, 6) is -0.618. The smallest absolute Gasteiger partial charge is 0.249 e. The van der Waals surface area contributed by atoms with Crippen LogP contribution in [0.1, 0.15) is 12.0 Å². The number of benzene rings is 1. The van der Waals surface area contributed by atoms with Crippen LogP contribution in [0.2, 0.25) is 0 Å². The van der Waals surface area contributed by atoms with Crippen molar-refractivity contribution in [3.63, 3.8) is 0 Å². The highest BCUT2D eigenvalue weighted by Gasteiger charge is 2.33. The number of pyridine rings is 2. The highest BCUT2D eigenvalue weighted by atomic mass is 19.1. The summed E-state index contributed by atoms with van der Waals surface area (Å²) >= 11 is 0. The Labute approximate surface area is 159 Å². The minimum atomic E-state index is -1.78. The summed E-state index contributed by atoms with van der Waals surface area (Å²) in [5.41, 5.74) is 5.97. The van der Waals surface area contributed by atoms with Gasteiger partial charge in [-0.05, 0) is 35.9 Å². The molecule has 0 aliphatic heterocycles. The quantitative estimate of drug-likeness (QED) is 0.651. The molecule has 1 aliphatic carbocycles. The lowest BCUT2D eigenvalue weighted by Crippen LogP contribution is -2.25. The lowest BCUT2D eigenvalue weighted by atomic mass is 9.85. The summed E-state index contributed by atoms with van der Waals surface area (Å²) in [6.45, 7) is 0. The zero-order chi connectivity index (χ0) is 19.7. The molecule has 140 valence electrons. The summed E-state index contributed by atoms with van der Waals surface area (Å²) in [6, 6.07) is 11.8. The maximum atomic E-state index is 15.3. The Morgan fingerprint density at radius 3 is 2.71 bits per heavy atom. The molecule has 3 aromatic rings. The van der Waals surface area contributed by atoms with Crippen molar-refractivity contribution >= 4 is 28.3 Å². The second kappa shape index (κ2) is 6.77. The molecule has 0 saturated heterocycles. The number of aromatic nitrogens is 2. The normalized spacial score (nSPS) is 18.7. The average Bonchev–Trinajstić information content (AvgIpc) is 2.68. The number of carbonyl (C=O) groups excluding carboxylic acids is 1. The summed E-state index contributed by atoms with van der Waals surface area (Å²) in [5, 5.41) is 4.01. The van der Waals surface area contributed by atoms with E-state index in [0.717, 1.165) is 16.8 Å². The van der Waals surface area contributed by atoms with E-state index in [1.807, 2.05) is 0 Å². The molecule has 0 fully saturated rings. The van der Waals surface area contributed by atoms with Crippen LogP contribution in [-0.2, 0) is 10.5 Å². The lowest BCUT2D eigenvalue weighted by Gasteiger charge is -2.25. The fraction of sp³-hybridized carbons (Fsp3) is 0.0952. The van der Waals surface area contributed by atoms with Crippen LogP contribution in [0.25, 0.3) is 11.0 Å². The summed E-state index contributed by atoms with van der Waals surface area (Å²) in [7, 11) is 0. The van der Waals surface area contributed by atoms with Crippen molar-refractivity contribution in [2.24, 2.45) is 5.73 Å². The van der Waals surface area contributed by atoms with E-state index >= 15 is 4.39 Å². The molecule has 1 unspecified atom stereocenters. The molecule has 0 saturated carbocycles. The van der Waals surface area contributed by atoms with Gasteiger partial charge in [0.25, 0.3) is 0 Å². The molecular weight excluding hydrogens is 359 g/mol. The van der Waals surface area contributed by atoms with E-state index in [4.69, 9.17) is 5.73 Å². The van der Waals surface area contributed by atoms with Gasteiger partial charge in [-0.3, -0.25) is 9.59 Å². The number of hydrogen-bond acceptors (Lipinski definition) is 4. The van der Waals surface area contributed by atoms with Gasteiger partial charge in [0.2, 0.25) is 11.5 Å². The number of halogens is 1. The summed E-state index contributed by atoms with van der Waals surface area (Å²) in [6.07, 6.45) is 5.98. The third-order valence-corrected chi connectivity index (χ3v) is 4.70. The van der Waals surface area contributed by atoms with E-state index in [0.29, 0.717) is 11.2 Å². The Morgan fingerprint density at radius 2 is 1.96 bits per heavy atom. The lowest BCUT2D eigenvalue weighted by molar-refractivity contribution is -0.115. The van der Waals surface area contributed by atoms with Gasteiger partial charge >= 0.3 is 0 Å². The number of amides is 1. The first-order valence-electron chi connectivity index (χ1n) is 8.67. The van der Waals surface area contributed by atoms with E-state index in [2.05, 4.69) is 15.3 Å². The van der Waals surface area contributed by atoms with Crippen molar-refractivity contribution < 1.29 is 9.18 Å². The molecule has 1 aliphatic rings. The van der Waals surface area contributed by atoms with Crippen molar-refractivity contribution in [3.05, 3.63) is 88.4 Å². The Kier molecular flexibility index (Phi) is 4.27. The molecule has 2 aromatic heterocycles. The Balaban J connectivity index is 1.60. The maximum Gasteiger partial charge on any atom is 0.249 e. The molecule has 7 heteroatoms. The SMILES string of the molecule is NC(=O)C1=CC=CC(F)(c2ccc(Nc3ccnc4[nH]c(=O)ccc34)cc2)C1. The highest BCUT2D eigenvalue weighted by Crippen LogP contribution is 2.37. The molecule has 2 heterocycles. The predicted octanol–water partition coefficient (Wildman–Crippen LogP) is 3.20. The number of hydrogen-bond donors (Lipinski definition) is 3. The van der Waals surface area contributed by atoms with Gasteiger partial charge in [0.15, 0.2) is 5.67 Å². The first-order chi connectivity index (χ1) is 13.4. The fourth-order valence-corrected chi connectivity index (χ4v) is 3.23. The van der Waals surface area contributed by atoms with E-state index in [1.54, 1.807) is 42.6 Å². The van der Waals surface area contributed by atoms with Crippen molar-refractivity contribution in [1.82, 2.24) is 9.97 Å². The van der Waals surface area contributed by atoms with Crippen LogP contribution in [0.15, 0.2) is 77.3 Å². The monoisotopic (exact) mass is 376 g/mol.